The third-order valence-electron chi connectivity index (χ3n) is 6.07. The molecule has 170 valence electrons. The van der Waals surface area contributed by atoms with E-state index in [2.05, 4.69) is 20.4 Å². The zero-order valence-electron chi connectivity index (χ0n) is 18.4. The van der Waals surface area contributed by atoms with Crippen LogP contribution in [0.2, 0.25) is 0 Å². The summed E-state index contributed by atoms with van der Waals surface area (Å²) in [4.78, 5) is 47.0. The van der Waals surface area contributed by atoms with E-state index in [0.29, 0.717) is 22.9 Å². The van der Waals surface area contributed by atoms with E-state index in [-0.39, 0.29) is 36.3 Å². The lowest BCUT2D eigenvalue weighted by molar-refractivity contribution is -0.122. The highest BCUT2D eigenvalue weighted by atomic mass is 16.5. The molecular weight excluding hydrogens is 424 g/mol. The van der Waals surface area contributed by atoms with Crippen LogP contribution in [0.4, 0.5) is 11.5 Å². The maximum Gasteiger partial charge on any atom is 0.255 e. The number of nitrogens with one attached hydrogen (secondary N) is 2. The van der Waals surface area contributed by atoms with Gasteiger partial charge in [0, 0.05) is 36.3 Å². The normalized spacial score (nSPS) is 17.3. The number of anilines is 2. The van der Waals surface area contributed by atoms with E-state index in [1.54, 1.807) is 43.2 Å². The Labute approximate surface area is 189 Å². The molecule has 2 aromatic heterocycles. The summed E-state index contributed by atoms with van der Waals surface area (Å²) in [5.41, 5.74) is 2.67. The molecule has 0 spiro atoms. The van der Waals surface area contributed by atoms with Crippen molar-refractivity contribution in [2.45, 2.75) is 32.6 Å². The summed E-state index contributed by atoms with van der Waals surface area (Å²) >= 11 is 0. The summed E-state index contributed by atoms with van der Waals surface area (Å²) in [5.74, 6) is 0.356. The molecule has 0 bridgehead atoms. The smallest absolute Gasteiger partial charge is 0.255 e. The molecule has 1 saturated heterocycles. The van der Waals surface area contributed by atoms with Crippen LogP contribution in [0.15, 0.2) is 35.1 Å². The first kappa shape index (κ1) is 20.9. The van der Waals surface area contributed by atoms with Crippen molar-refractivity contribution in [3.8, 4) is 11.7 Å². The number of aromatic nitrogens is 4. The number of ether oxygens (including phenoxy) is 1. The Balaban J connectivity index is 1.37. The Morgan fingerprint density at radius 2 is 2.09 bits per heavy atom. The van der Waals surface area contributed by atoms with Gasteiger partial charge in [-0.1, -0.05) is 6.07 Å². The highest BCUT2D eigenvalue weighted by Gasteiger charge is 2.36. The molecule has 0 saturated carbocycles. The summed E-state index contributed by atoms with van der Waals surface area (Å²) in [5, 5.41) is 7.27. The number of hydrogen-bond donors (Lipinski definition) is 2. The van der Waals surface area contributed by atoms with Crippen LogP contribution in [0.25, 0.3) is 5.95 Å². The van der Waals surface area contributed by atoms with Crippen molar-refractivity contribution in [1.82, 2.24) is 19.7 Å². The van der Waals surface area contributed by atoms with E-state index in [4.69, 9.17) is 4.74 Å². The Morgan fingerprint density at radius 1 is 1.24 bits per heavy atom. The Morgan fingerprint density at radius 3 is 2.91 bits per heavy atom. The molecule has 5 rings (SSSR count). The predicted octanol–water partition coefficient (Wildman–Crippen LogP) is 1.75. The van der Waals surface area contributed by atoms with Crippen LogP contribution in [0.3, 0.4) is 0 Å². The van der Waals surface area contributed by atoms with Gasteiger partial charge >= 0.3 is 0 Å². The zero-order chi connectivity index (χ0) is 23.1. The van der Waals surface area contributed by atoms with Gasteiger partial charge in [0.25, 0.3) is 5.56 Å². The van der Waals surface area contributed by atoms with E-state index in [1.165, 1.54) is 4.68 Å². The molecule has 1 fully saturated rings. The highest BCUT2D eigenvalue weighted by Crippen LogP contribution is 2.29. The molecule has 1 atom stereocenters. The number of methoxy groups -OCH3 is 1. The number of benzene rings is 1. The number of fused-ring (bicyclic) bond motifs is 1. The van der Waals surface area contributed by atoms with Crippen LogP contribution < -0.4 is 20.5 Å². The second kappa shape index (κ2) is 8.19. The SMILES string of the molecule is COc1cccc(N2CC(C(=O)Nc3cc(C)nn3-c3nc4c(c(=O)[nH]3)CCC4)CC2=O)c1. The summed E-state index contributed by atoms with van der Waals surface area (Å²) in [6.45, 7) is 2.06. The fourth-order valence-electron chi connectivity index (χ4n) is 4.42. The van der Waals surface area contributed by atoms with Gasteiger partial charge in [-0.2, -0.15) is 9.78 Å². The number of aryl methyl sites for hydroxylation is 2. The summed E-state index contributed by atoms with van der Waals surface area (Å²) in [7, 11) is 1.56. The van der Waals surface area contributed by atoms with Gasteiger partial charge < -0.3 is 15.0 Å². The molecule has 1 aliphatic carbocycles. The Bertz CT molecular complexity index is 1310. The minimum atomic E-state index is -0.528. The molecule has 10 nitrogen and oxygen atoms in total. The second-order valence-electron chi connectivity index (χ2n) is 8.35. The molecule has 0 radical (unpaired) electrons. The van der Waals surface area contributed by atoms with Crippen LogP contribution in [0.5, 0.6) is 5.75 Å². The summed E-state index contributed by atoms with van der Waals surface area (Å²) < 4.78 is 6.67. The third-order valence-corrected chi connectivity index (χ3v) is 6.07. The van der Waals surface area contributed by atoms with E-state index >= 15 is 0 Å². The van der Waals surface area contributed by atoms with Crippen molar-refractivity contribution < 1.29 is 14.3 Å². The van der Waals surface area contributed by atoms with Gasteiger partial charge in [-0.15, -0.1) is 0 Å². The monoisotopic (exact) mass is 448 g/mol. The average Bonchev–Trinajstić information content (AvgIpc) is 3.52. The maximum absolute atomic E-state index is 13.1. The molecule has 2 amide bonds. The fourth-order valence-corrected chi connectivity index (χ4v) is 4.42. The van der Waals surface area contributed by atoms with Gasteiger partial charge in [-0.25, -0.2) is 4.98 Å². The molecule has 3 heterocycles. The second-order valence-corrected chi connectivity index (χ2v) is 8.35. The lowest BCUT2D eigenvalue weighted by Gasteiger charge is -2.17. The van der Waals surface area contributed by atoms with Crippen molar-refractivity contribution in [3.63, 3.8) is 0 Å². The minimum Gasteiger partial charge on any atom is -0.497 e. The van der Waals surface area contributed by atoms with Crippen molar-refractivity contribution in [3.05, 3.63) is 57.6 Å². The van der Waals surface area contributed by atoms with Gasteiger partial charge in [0.05, 0.1) is 24.4 Å². The summed E-state index contributed by atoms with van der Waals surface area (Å²) in [6, 6.07) is 8.90. The molecule has 3 aromatic rings. The maximum atomic E-state index is 13.1. The van der Waals surface area contributed by atoms with Crippen LogP contribution in [-0.4, -0.2) is 45.2 Å². The average molecular weight is 448 g/mol. The van der Waals surface area contributed by atoms with Gasteiger partial charge in [-0.05, 0) is 38.3 Å². The molecule has 2 aliphatic rings. The molecule has 10 heteroatoms. The zero-order valence-corrected chi connectivity index (χ0v) is 18.4. The number of carbonyl (C=O) groups is 2. The first-order chi connectivity index (χ1) is 15.9. The molecule has 1 unspecified atom stereocenters. The minimum absolute atomic E-state index is 0.101. The van der Waals surface area contributed by atoms with Crippen molar-refractivity contribution in [1.29, 1.82) is 0 Å². The molecule has 2 N–H and O–H groups in total. The first-order valence-corrected chi connectivity index (χ1v) is 10.9. The van der Waals surface area contributed by atoms with Crippen LogP contribution in [0.1, 0.15) is 29.8 Å². The van der Waals surface area contributed by atoms with Crippen LogP contribution in [0, 0.1) is 12.8 Å². The largest absolute Gasteiger partial charge is 0.497 e. The van der Waals surface area contributed by atoms with Gasteiger partial charge in [0.2, 0.25) is 17.8 Å². The molecule has 1 aliphatic heterocycles. The highest BCUT2D eigenvalue weighted by molar-refractivity contribution is 6.03. The first-order valence-electron chi connectivity index (χ1n) is 10.9. The van der Waals surface area contributed by atoms with E-state index in [1.807, 2.05) is 6.07 Å². The lowest BCUT2D eigenvalue weighted by Crippen LogP contribution is -2.29. The van der Waals surface area contributed by atoms with Gasteiger partial charge in [0.15, 0.2) is 0 Å². The van der Waals surface area contributed by atoms with Crippen molar-refractivity contribution >= 4 is 23.3 Å². The molecule has 1 aromatic carbocycles. The number of hydrogen-bond acceptors (Lipinski definition) is 6. The van der Waals surface area contributed by atoms with Crippen LogP contribution >= 0.6 is 0 Å². The number of nitrogens with zero attached hydrogens (tertiary/aromatic N) is 4. The topological polar surface area (TPSA) is 122 Å². The third kappa shape index (κ3) is 3.88. The van der Waals surface area contributed by atoms with Gasteiger partial charge in [0.1, 0.15) is 11.6 Å². The lowest BCUT2D eigenvalue weighted by atomic mass is 10.1. The quantitative estimate of drug-likeness (QED) is 0.613. The number of H-pyrrole nitrogens is 1. The molecule has 33 heavy (non-hydrogen) atoms. The standard InChI is InChI=1S/C23H24N6O4/c1-13-9-19(29(27-13)23-24-18-8-4-7-17(18)22(32)26-23)25-21(31)14-10-20(30)28(12-14)15-5-3-6-16(11-15)33-2/h3,5-6,9,11,14H,4,7-8,10,12H2,1-2H3,(H,25,31)(H,24,26,32). The Kier molecular flexibility index (Phi) is 5.20. The van der Waals surface area contributed by atoms with Crippen molar-refractivity contribution in [2.24, 2.45) is 5.92 Å². The number of aromatic amines is 1. The predicted molar refractivity (Wildman–Crippen MR) is 121 cm³/mol. The van der Waals surface area contributed by atoms with E-state index < -0.39 is 5.92 Å². The van der Waals surface area contributed by atoms with Crippen molar-refractivity contribution in [2.75, 3.05) is 23.9 Å². The number of carbonyl (C=O) groups excluding carboxylic acids is 2. The van der Waals surface area contributed by atoms with Crippen LogP contribution in [-0.2, 0) is 22.4 Å². The molecular formula is C23H24N6O4. The number of rotatable bonds is 5. The Hall–Kier alpha value is -3.95. The van der Waals surface area contributed by atoms with Gasteiger partial charge in [-0.3, -0.25) is 19.4 Å². The van der Waals surface area contributed by atoms with E-state index in [9.17, 15) is 14.4 Å². The van der Waals surface area contributed by atoms with E-state index in [0.717, 1.165) is 30.5 Å². The number of amides is 2. The summed E-state index contributed by atoms with van der Waals surface area (Å²) in [6.07, 6.45) is 2.47. The fraction of sp³-hybridized carbons (Fsp3) is 0.348.